The van der Waals surface area contributed by atoms with Gasteiger partial charge in [0.15, 0.2) is 0 Å². The van der Waals surface area contributed by atoms with Crippen LogP contribution in [0.15, 0.2) is 60.9 Å². The van der Waals surface area contributed by atoms with Crippen LogP contribution in [0.4, 0.5) is 5.69 Å². The molecular weight excluding hydrogens is 360 g/mol. The number of hydrogen-bond acceptors (Lipinski definition) is 3. The molecule has 5 heteroatoms. The second-order valence-electron chi connectivity index (χ2n) is 7.78. The Labute approximate surface area is 172 Å². The summed E-state index contributed by atoms with van der Waals surface area (Å²) in [5.41, 5.74) is 4.63. The molecule has 150 valence electrons. The van der Waals surface area contributed by atoms with Crippen LogP contribution in [-0.4, -0.2) is 34.6 Å². The number of para-hydroxylation sites is 1. The zero-order valence-corrected chi connectivity index (χ0v) is 17.1. The first-order chi connectivity index (χ1) is 14.1. The standard InChI is InChI=1S/C24H28N4O/c1-18-16-22-6-3-4-7-23(22)28(18)14-5-12-26-24(29)21-10-8-20(9-11-21)17-27-15-13-25-19(27)2/h3-4,6-11,13,15,18H,5,12,14,16-17H2,1-2H3,(H,26,29). The third-order valence-electron chi connectivity index (χ3n) is 5.70. The van der Waals surface area contributed by atoms with Crippen LogP contribution in [0.3, 0.4) is 0 Å². The largest absolute Gasteiger partial charge is 0.368 e. The fraction of sp³-hybridized carbons (Fsp3) is 0.333. The number of amides is 1. The molecule has 0 bridgehead atoms. The van der Waals surface area contributed by atoms with E-state index in [0.29, 0.717) is 18.2 Å². The number of anilines is 1. The highest BCUT2D eigenvalue weighted by molar-refractivity contribution is 5.94. The van der Waals surface area contributed by atoms with Gasteiger partial charge in [-0.2, -0.15) is 0 Å². The molecular formula is C24H28N4O. The Morgan fingerprint density at radius 2 is 1.97 bits per heavy atom. The molecule has 3 aromatic rings. The van der Waals surface area contributed by atoms with E-state index in [1.165, 1.54) is 11.3 Å². The van der Waals surface area contributed by atoms with Crippen molar-refractivity contribution in [2.45, 2.75) is 39.3 Å². The molecule has 1 N–H and O–H groups in total. The third kappa shape index (κ3) is 4.34. The fourth-order valence-electron chi connectivity index (χ4n) is 4.05. The molecule has 5 nitrogen and oxygen atoms in total. The Morgan fingerprint density at radius 3 is 2.72 bits per heavy atom. The van der Waals surface area contributed by atoms with Crippen LogP contribution >= 0.6 is 0 Å². The number of nitrogens with zero attached hydrogens (tertiary/aromatic N) is 3. The van der Waals surface area contributed by atoms with E-state index < -0.39 is 0 Å². The molecule has 1 aromatic heterocycles. The average molecular weight is 389 g/mol. The zero-order chi connectivity index (χ0) is 20.2. The van der Waals surface area contributed by atoms with Crippen molar-refractivity contribution in [3.63, 3.8) is 0 Å². The normalized spacial score (nSPS) is 15.4. The number of benzene rings is 2. The molecule has 0 aliphatic carbocycles. The Bertz CT molecular complexity index is 977. The van der Waals surface area contributed by atoms with Crippen molar-refractivity contribution in [3.05, 3.63) is 83.4 Å². The van der Waals surface area contributed by atoms with Gasteiger partial charge in [0.05, 0.1) is 0 Å². The Kier molecular flexibility index (Phi) is 5.65. The Hall–Kier alpha value is -3.08. The first-order valence-electron chi connectivity index (χ1n) is 10.3. The molecule has 0 radical (unpaired) electrons. The van der Waals surface area contributed by atoms with Gasteiger partial charge in [0.2, 0.25) is 0 Å². The van der Waals surface area contributed by atoms with Crippen molar-refractivity contribution >= 4 is 11.6 Å². The van der Waals surface area contributed by atoms with E-state index in [9.17, 15) is 4.79 Å². The van der Waals surface area contributed by atoms with E-state index in [1.54, 1.807) is 6.20 Å². The summed E-state index contributed by atoms with van der Waals surface area (Å²) >= 11 is 0. The van der Waals surface area contributed by atoms with Gasteiger partial charge in [-0.25, -0.2) is 4.98 Å². The maximum absolute atomic E-state index is 12.4. The van der Waals surface area contributed by atoms with E-state index in [2.05, 4.69) is 51.0 Å². The molecule has 2 heterocycles. The lowest BCUT2D eigenvalue weighted by Crippen LogP contribution is -2.33. The molecule has 1 aliphatic heterocycles. The minimum atomic E-state index is -0.00904. The fourth-order valence-corrected chi connectivity index (χ4v) is 4.05. The monoisotopic (exact) mass is 388 g/mol. The van der Waals surface area contributed by atoms with Crippen LogP contribution in [0.25, 0.3) is 0 Å². The first kappa shape index (κ1) is 19.2. The summed E-state index contributed by atoms with van der Waals surface area (Å²) in [6.07, 6.45) is 5.81. The lowest BCUT2D eigenvalue weighted by atomic mass is 10.1. The van der Waals surface area contributed by atoms with Crippen LogP contribution in [-0.2, 0) is 13.0 Å². The summed E-state index contributed by atoms with van der Waals surface area (Å²) < 4.78 is 2.09. The van der Waals surface area contributed by atoms with Crippen molar-refractivity contribution in [1.82, 2.24) is 14.9 Å². The van der Waals surface area contributed by atoms with Crippen LogP contribution < -0.4 is 10.2 Å². The highest BCUT2D eigenvalue weighted by Gasteiger charge is 2.24. The first-order valence-corrected chi connectivity index (χ1v) is 10.3. The predicted octanol–water partition coefficient (Wildman–Crippen LogP) is 3.81. The lowest BCUT2D eigenvalue weighted by molar-refractivity contribution is 0.0953. The summed E-state index contributed by atoms with van der Waals surface area (Å²) in [4.78, 5) is 19.1. The molecule has 29 heavy (non-hydrogen) atoms. The number of aromatic nitrogens is 2. The van der Waals surface area contributed by atoms with Crippen molar-refractivity contribution in [2.75, 3.05) is 18.0 Å². The summed E-state index contributed by atoms with van der Waals surface area (Å²) in [5, 5.41) is 3.06. The predicted molar refractivity (Wildman–Crippen MR) is 116 cm³/mol. The van der Waals surface area contributed by atoms with E-state index >= 15 is 0 Å². The minimum Gasteiger partial charge on any atom is -0.368 e. The van der Waals surface area contributed by atoms with Gasteiger partial charge in [-0.1, -0.05) is 30.3 Å². The summed E-state index contributed by atoms with van der Waals surface area (Å²) in [5.74, 6) is 0.979. The average Bonchev–Trinajstić information content (AvgIpc) is 3.28. The number of nitrogens with one attached hydrogen (secondary N) is 1. The van der Waals surface area contributed by atoms with E-state index in [4.69, 9.17) is 0 Å². The molecule has 1 amide bonds. The number of carbonyl (C=O) groups is 1. The number of rotatable bonds is 7. The molecule has 1 atom stereocenters. The molecule has 1 unspecified atom stereocenters. The van der Waals surface area contributed by atoms with Crippen LogP contribution in [0.2, 0.25) is 0 Å². The number of imidazole rings is 1. The Morgan fingerprint density at radius 1 is 1.17 bits per heavy atom. The van der Waals surface area contributed by atoms with Crippen LogP contribution in [0, 0.1) is 6.92 Å². The SMILES string of the molecule is Cc1nccn1Cc1ccc(C(=O)NCCCN2c3ccccc3CC2C)cc1. The smallest absolute Gasteiger partial charge is 0.251 e. The van der Waals surface area contributed by atoms with Gasteiger partial charge in [0.25, 0.3) is 5.91 Å². The van der Waals surface area contributed by atoms with E-state index in [-0.39, 0.29) is 5.91 Å². The topological polar surface area (TPSA) is 50.2 Å². The number of hydrogen-bond donors (Lipinski definition) is 1. The zero-order valence-electron chi connectivity index (χ0n) is 17.1. The summed E-state index contributed by atoms with van der Waals surface area (Å²) in [6.45, 7) is 6.67. The van der Waals surface area contributed by atoms with Crippen LogP contribution in [0.5, 0.6) is 0 Å². The number of aryl methyl sites for hydroxylation is 1. The molecule has 2 aromatic carbocycles. The molecule has 0 saturated heterocycles. The van der Waals surface area contributed by atoms with Gasteiger partial charge in [-0.15, -0.1) is 0 Å². The second kappa shape index (κ2) is 8.52. The van der Waals surface area contributed by atoms with Gasteiger partial charge in [0, 0.05) is 49.3 Å². The molecule has 0 fully saturated rings. The minimum absolute atomic E-state index is 0.00904. The van der Waals surface area contributed by atoms with Crippen molar-refractivity contribution in [2.24, 2.45) is 0 Å². The maximum atomic E-state index is 12.4. The van der Waals surface area contributed by atoms with Crippen molar-refractivity contribution in [3.8, 4) is 0 Å². The lowest BCUT2D eigenvalue weighted by Gasteiger charge is -2.24. The van der Waals surface area contributed by atoms with Gasteiger partial charge in [0.1, 0.15) is 5.82 Å². The highest BCUT2D eigenvalue weighted by Crippen LogP contribution is 2.31. The van der Waals surface area contributed by atoms with Gasteiger partial charge < -0.3 is 14.8 Å². The summed E-state index contributed by atoms with van der Waals surface area (Å²) in [7, 11) is 0. The third-order valence-corrected chi connectivity index (χ3v) is 5.70. The Balaban J connectivity index is 1.25. The van der Waals surface area contributed by atoms with E-state index in [1.807, 2.05) is 37.4 Å². The maximum Gasteiger partial charge on any atom is 0.251 e. The molecule has 4 rings (SSSR count). The molecule has 1 aliphatic rings. The molecule has 0 saturated carbocycles. The molecule has 0 spiro atoms. The van der Waals surface area contributed by atoms with Crippen molar-refractivity contribution < 1.29 is 4.79 Å². The van der Waals surface area contributed by atoms with Crippen molar-refractivity contribution in [1.29, 1.82) is 0 Å². The number of fused-ring (bicyclic) bond motifs is 1. The highest BCUT2D eigenvalue weighted by atomic mass is 16.1. The van der Waals surface area contributed by atoms with Gasteiger partial charge in [-0.05, 0) is 56.0 Å². The van der Waals surface area contributed by atoms with Crippen LogP contribution in [0.1, 0.15) is 40.7 Å². The summed E-state index contributed by atoms with van der Waals surface area (Å²) in [6, 6.07) is 17.0. The van der Waals surface area contributed by atoms with E-state index in [0.717, 1.165) is 37.3 Å². The van der Waals surface area contributed by atoms with Gasteiger partial charge in [-0.3, -0.25) is 4.79 Å². The quantitative estimate of drug-likeness (QED) is 0.626. The van der Waals surface area contributed by atoms with Gasteiger partial charge >= 0.3 is 0 Å². The number of carbonyl (C=O) groups excluding carboxylic acids is 1. The second-order valence-corrected chi connectivity index (χ2v) is 7.78.